The van der Waals surface area contributed by atoms with Crippen molar-refractivity contribution in [1.82, 2.24) is 0 Å². The summed E-state index contributed by atoms with van der Waals surface area (Å²) in [6, 6.07) is 10.5. The van der Waals surface area contributed by atoms with E-state index in [1.54, 1.807) is 12.3 Å². The van der Waals surface area contributed by atoms with E-state index in [-0.39, 0.29) is 5.78 Å². The van der Waals surface area contributed by atoms with Crippen LogP contribution in [0, 0.1) is 0 Å². The molecule has 0 saturated carbocycles. The van der Waals surface area contributed by atoms with Crippen LogP contribution < -0.4 is 9.47 Å². The van der Waals surface area contributed by atoms with Crippen molar-refractivity contribution in [3.8, 4) is 0 Å². The molecule has 0 spiro atoms. The Hall–Kier alpha value is -2.51. The molecule has 0 saturated heterocycles. The monoisotopic (exact) mass is 385 g/mol. The molecule has 3 aromatic heterocycles. The highest BCUT2D eigenvalue weighted by atomic mass is 32.1. The lowest BCUT2D eigenvalue weighted by Crippen LogP contribution is -2.47. The largest absolute Gasteiger partial charge is 0.758 e. The molecule has 0 N–H and O–H groups in total. The van der Waals surface area contributed by atoms with Gasteiger partial charge in [0, 0.05) is 31.9 Å². The summed E-state index contributed by atoms with van der Waals surface area (Å²) < 4.78 is 7.10. The fraction of sp³-hybridized carbons (Fsp3) is 0.211. The third kappa shape index (κ3) is 4.17. The summed E-state index contributed by atoms with van der Waals surface area (Å²) >= 11 is 6.91. The SMILES string of the molecule is CN(C)c1cc[n+]([C@H](C(=O)c2cccs2)C([S-])=NCc2ccco2)cc1. The number of hydrogen-bond donors (Lipinski definition) is 0. The van der Waals surface area contributed by atoms with Gasteiger partial charge < -0.3 is 26.9 Å². The normalized spacial score (nSPS) is 12.8. The molecule has 0 aliphatic heterocycles. The predicted octanol–water partition coefficient (Wildman–Crippen LogP) is 3.26. The number of hydrogen-bond acceptors (Lipinski definition) is 6. The Bertz CT molecular complexity index is 870. The van der Waals surface area contributed by atoms with Crippen LogP contribution in [0.1, 0.15) is 21.5 Å². The maximum atomic E-state index is 13.0. The molecule has 134 valence electrons. The fourth-order valence-electron chi connectivity index (χ4n) is 2.47. The topological polar surface area (TPSA) is 49.7 Å². The van der Waals surface area contributed by atoms with Gasteiger partial charge in [-0.3, -0.25) is 4.79 Å². The van der Waals surface area contributed by atoms with Crippen LogP contribution in [0.15, 0.2) is 69.8 Å². The van der Waals surface area contributed by atoms with E-state index in [0.717, 1.165) is 5.69 Å². The zero-order chi connectivity index (χ0) is 18.5. The molecule has 1 atom stereocenters. The Balaban J connectivity index is 1.93. The van der Waals surface area contributed by atoms with Crippen LogP contribution in [-0.2, 0) is 19.2 Å². The quantitative estimate of drug-likeness (QED) is 0.206. The summed E-state index contributed by atoms with van der Waals surface area (Å²) in [5.41, 5.74) is 1.04. The molecule has 0 aliphatic carbocycles. The molecule has 0 fully saturated rings. The van der Waals surface area contributed by atoms with Gasteiger partial charge in [-0.2, -0.15) is 4.57 Å². The van der Waals surface area contributed by atoms with E-state index < -0.39 is 6.04 Å². The zero-order valence-electron chi connectivity index (χ0n) is 14.5. The summed E-state index contributed by atoms with van der Waals surface area (Å²) in [4.78, 5) is 20.1. The Kier molecular flexibility index (Phi) is 5.80. The number of anilines is 1. The van der Waals surface area contributed by atoms with Crippen LogP contribution >= 0.6 is 11.3 Å². The second kappa shape index (κ2) is 8.25. The second-order valence-corrected chi connectivity index (χ2v) is 7.24. The second-order valence-electron chi connectivity index (χ2n) is 5.88. The number of pyridine rings is 1. The van der Waals surface area contributed by atoms with Gasteiger partial charge in [-0.15, -0.1) is 11.3 Å². The molecule has 0 aliphatic rings. The number of furan rings is 1. The lowest BCUT2D eigenvalue weighted by molar-refractivity contribution is -0.691. The van der Waals surface area contributed by atoms with Gasteiger partial charge in [0.1, 0.15) is 5.76 Å². The number of thiophene rings is 1. The molecular weight excluding hydrogens is 366 g/mol. The third-order valence-electron chi connectivity index (χ3n) is 3.87. The molecule has 3 rings (SSSR count). The van der Waals surface area contributed by atoms with Crippen LogP contribution in [0.2, 0.25) is 0 Å². The van der Waals surface area contributed by atoms with E-state index in [1.807, 2.05) is 71.7 Å². The van der Waals surface area contributed by atoms with Crippen molar-refractivity contribution in [2.75, 3.05) is 19.0 Å². The molecule has 0 amide bonds. The minimum atomic E-state index is -0.658. The summed E-state index contributed by atoms with van der Waals surface area (Å²) in [5, 5.41) is 2.22. The number of rotatable bonds is 7. The van der Waals surface area contributed by atoms with Crippen molar-refractivity contribution < 1.29 is 13.8 Å². The molecule has 0 aromatic carbocycles. The molecule has 0 unspecified atom stereocenters. The van der Waals surface area contributed by atoms with E-state index in [2.05, 4.69) is 4.99 Å². The maximum Gasteiger partial charge on any atom is 0.244 e. The Morgan fingerprint density at radius 2 is 2.04 bits per heavy atom. The van der Waals surface area contributed by atoms with Gasteiger partial charge in [0.05, 0.1) is 17.7 Å². The predicted molar refractivity (Wildman–Crippen MR) is 106 cm³/mol. The molecule has 0 bridgehead atoms. The Morgan fingerprint density at radius 1 is 1.27 bits per heavy atom. The Morgan fingerprint density at radius 3 is 2.62 bits per heavy atom. The highest BCUT2D eigenvalue weighted by Gasteiger charge is 2.29. The summed E-state index contributed by atoms with van der Waals surface area (Å²) in [6.45, 7) is 0.316. The molecule has 7 heteroatoms. The first-order chi connectivity index (χ1) is 12.6. The average molecular weight is 386 g/mol. The first kappa shape index (κ1) is 18.3. The lowest BCUT2D eigenvalue weighted by atomic mass is 10.1. The standard InChI is InChI=1S/C19H19N3O2S2/c1-21(2)14-7-9-22(10-8-14)17(18(23)16-6-4-12-26-16)19(25)20-13-15-5-3-11-24-15/h3-12,17H,13H2,1-2H3/t17-/m1/s1. The van der Waals surface area contributed by atoms with Crippen molar-refractivity contribution in [2.24, 2.45) is 4.99 Å². The summed E-state index contributed by atoms with van der Waals surface area (Å²) in [7, 11) is 3.94. The molecule has 3 aromatic rings. The molecule has 3 heterocycles. The van der Waals surface area contributed by atoms with Crippen LogP contribution in [0.4, 0.5) is 5.69 Å². The summed E-state index contributed by atoms with van der Waals surface area (Å²) in [5.74, 6) is 0.651. The van der Waals surface area contributed by atoms with Gasteiger partial charge >= 0.3 is 0 Å². The minimum absolute atomic E-state index is 0.0594. The number of Topliss-reactive ketones (excluding diaryl/α,β-unsaturated/α-hetero) is 1. The molecular formula is C19H19N3O2S2. The average Bonchev–Trinajstić information content (AvgIpc) is 3.34. The van der Waals surface area contributed by atoms with Gasteiger partial charge in [0.2, 0.25) is 11.8 Å². The maximum absolute atomic E-state index is 13.0. The summed E-state index contributed by atoms with van der Waals surface area (Å²) in [6.07, 6.45) is 5.32. The van der Waals surface area contributed by atoms with Gasteiger partial charge in [0.15, 0.2) is 12.4 Å². The van der Waals surface area contributed by atoms with Crippen molar-refractivity contribution in [3.63, 3.8) is 0 Å². The van der Waals surface area contributed by atoms with Crippen LogP contribution in [0.3, 0.4) is 0 Å². The van der Waals surface area contributed by atoms with E-state index in [9.17, 15) is 4.79 Å². The highest BCUT2D eigenvalue weighted by molar-refractivity contribution is 7.77. The first-order valence-corrected chi connectivity index (χ1v) is 9.34. The van der Waals surface area contributed by atoms with E-state index in [0.29, 0.717) is 22.2 Å². The first-order valence-electron chi connectivity index (χ1n) is 8.06. The van der Waals surface area contributed by atoms with E-state index in [4.69, 9.17) is 17.0 Å². The Labute approximate surface area is 162 Å². The number of carbonyl (C=O) groups excluding carboxylic acids is 1. The highest BCUT2D eigenvalue weighted by Crippen LogP contribution is 2.18. The smallest absolute Gasteiger partial charge is 0.244 e. The number of ketones is 1. The third-order valence-corrected chi connectivity index (χ3v) is 5.10. The van der Waals surface area contributed by atoms with Gasteiger partial charge in [0.25, 0.3) is 0 Å². The van der Waals surface area contributed by atoms with Crippen molar-refractivity contribution >= 4 is 40.5 Å². The number of carbonyl (C=O) groups is 1. The minimum Gasteiger partial charge on any atom is -0.758 e. The van der Waals surface area contributed by atoms with E-state index >= 15 is 0 Å². The molecule has 0 radical (unpaired) electrons. The van der Waals surface area contributed by atoms with E-state index in [1.165, 1.54) is 11.3 Å². The molecule has 26 heavy (non-hydrogen) atoms. The van der Waals surface area contributed by atoms with Gasteiger partial charge in [-0.1, -0.05) is 6.07 Å². The van der Waals surface area contributed by atoms with Gasteiger partial charge in [-0.05, 0) is 28.6 Å². The van der Waals surface area contributed by atoms with Gasteiger partial charge in [-0.25, -0.2) is 0 Å². The van der Waals surface area contributed by atoms with Crippen molar-refractivity contribution in [1.29, 1.82) is 0 Å². The van der Waals surface area contributed by atoms with Crippen LogP contribution in [-0.4, -0.2) is 24.9 Å². The zero-order valence-corrected chi connectivity index (χ0v) is 16.2. The number of aliphatic imine (C=N–C) groups is 1. The van der Waals surface area contributed by atoms with Crippen molar-refractivity contribution in [2.45, 2.75) is 12.6 Å². The number of aromatic nitrogens is 1. The van der Waals surface area contributed by atoms with Crippen molar-refractivity contribution in [3.05, 3.63) is 71.1 Å². The van der Waals surface area contributed by atoms with Crippen LogP contribution in [0.5, 0.6) is 0 Å². The molecule has 5 nitrogen and oxygen atoms in total. The fourth-order valence-corrected chi connectivity index (χ4v) is 3.46. The lowest BCUT2D eigenvalue weighted by Gasteiger charge is -2.19. The van der Waals surface area contributed by atoms with Crippen LogP contribution in [0.25, 0.3) is 0 Å². The number of nitrogens with zero attached hydrogens (tertiary/aromatic N) is 3.